The molecular formula is C22H14N4Na2O7S2. The van der Waals surface area contributed by atoms with E-state index in [9.17, 15) is 31.0 Å². The molecule has 0 unspecified atom stereocenters. The minimum Gasteiger partial charge on any atom is -0.744 e. The van der Waals surface area contributed by atoms with Crippen molar-refractivity contribution < 1.29 is 90.2 Å². The Morgan fingerprint density at radius 3 is 1.65 bits per heavy atom. The summed E-state index contributed by atoms with van der Waals surface area (Å²) >= 11 is 0. The number of fused-ring (bicyclic) bond motifs is 1. The van der Waals surface area contributed by atoms with Crippen LogP contribution < -0.4 is 59.1 Å². The van der Waals surface area contributed by atoms with Crippen molar-refractivity contribution in [2.75, 3.05) is 0 Å². The van der Waals surface area contributed by atoms with Gasteiger partial charge in [-0.1, -0.05) is 30.3 Å². The van der Waals surface area contributed by atoms with Gasteiger partial charge in [0.1, 0.15) is 25.1 Å². The van der Waals surface area contributed by atoms with E-state index in [1.807, 2.05) is 18.2 Å². The molecule has 178 valence electrons. The average molecular weight is 556 g/mol. The fourth-order valence-electron chi connectivity index (χ4n) is 3.19. The van der Waals surface area contributed by atoms with Gasteiger partial charge in [0.15, 0.2) is 5.75 Å². The van der Waals surface area contributed by atoms with Crippen LogP contribution in [-0.2, 0) is 20.2 Å². The quantitative estimate of drug-likeness (QED) is 0.183. The van der Waals surface area contributed by atoms with Crippen LogP contribution >= 0.6 is 0 Å². The van der Waals surface area contributed by atoms with Crippen LogP contribution in [0.5, 0.6) is 5.75 Å². The molecule has 0 amide bonds. The van der Waals surface area contributed by atoms with E-state index >= 15 is 0 Å². The molecule has 0 fully saturated rings. The van der Waals surface area contributed by atoms with Gasteiger partial charge in [-0.15, -0.1) is 5.11 Å². The van der Waals surface area contributed by atoms with Crippen molar-refractivity contribution in [3.05, 3.63) is 78.9 Å². The third-order valence-corrected chi connectivity index (χ3v) is 6.46. The number of hydrogen-bond donors (Lipinski definition) is 1. The molecule has 0 aliphatic rings. The number of nitrogens with zero attached hydrogens (tertiary/aromatic N) is 4. The smallest absolute Gasteiger partial charge is 0.744 e. The van der Waals surface area contributed by atoms with E-state index in [0.717, 1.165) is 6.07 Å². The van der Waals surface area contributed by atoms with E-state index in [2.05, 4.69) is 20.5 Å². The molecule has 0 saturated carbocycles. The van der Waals surface area contributed by atoms with Crippen molar-refractivity contribution in [2.24, 2.45) is 20.5 Å². The molecule has 0 aromatic heterocycles. The minimum atomic E-state index is -5.41. The van der Waals surface area contributed by atoms with Crippen LogP contribution in [0.1, 0.15) is 0 Å². The maximum Gasteiger partial charge on any atom is 1.00 e. The molecule has 0 bridgehead atoms. The fraction of sp³-hybridized carbons (Fsp3) is 0. The second kappa shape index (κ2) is 12.7. The molecule has 0 saturated heterocycles. The molecule has 0 aliphatic carbocycles. The second-order valence-electron chi connectivity index (χ2n) is 7.09. The second-order valence-corrected chi connectivity index (χ2v) is 9.75. The number of hydrogen-bond acceptors (Lipinski definition) is 11. The molecule has 0 heterocycles. The topological polar surface area (TPSA) is 184 Å². The Bertz CT molecular complexity index is 1700. The van der Waals surface area contributed by atoms with Gasteiger partial charge in [-0.25, -0.2) is 16.8 Å². The van der Waals surface area contributed by atoms with E-state index in [1.165, 1.54) is 18.2 Å². The van der Waals surface area contributed by atoms with E-state index in [0.29, 0.717) is 17.1 Å². The molecule has 4 aromatic carbocycles. The summed E-state index contributed by atoms with van der Waals surface area (Å²) in [4.78, 5) is -2.50. The van der Waals surface area contributed by atoms with Crippen molar-refractivity contribution in [2.45, 2.75) is 9.79 Å². The van der Waals surface area contributed by atoms with Crippen molar-refractivity contribution >= 4 is 53.8 Å². The molecule has 0 atom stereocenters. The average Bonchev–Trinajstić information content (AvgIpc) is 2.81. The third-order valence-electron chi connectivity index (χ3n) is 4.72. The van der Waals surface area contributed by atoms with Gasteiger partial charge in [0.2, 0.25) is 0 Å². The molecular weight excluding hydrogens is 542 g/mol. The summed E-state index contributed by atoms with van der Waals surface area (Å²) in [5, 5.41) is 25.9. The minimum absolute atomic E-state index is 0. The maximum absolute atomic E-state index is 11.9. The summed E-state index contributed by atoms with van der Waals surface area (Å²) in [7, 11) is -10.7. The van der Waals surface area contributed by atoms with Gasteiger partial charge in [-0.2, -0.15) is 15.3 Å². The van der Waals surface area contributed by atoms with Crippen LogP contribution in [-0.4, -0.2) is 31.0 Å². The molecule has 4 rings (SSSR count). The monoisotopic (exact) mass is 556 g/mol. The predicted molar refractivity (Wildman–Crippen MR) is 123 cm³/mol. The number of phenolic OH excluding ortho intramolecular Hbond substituents is 1. The van der Waals surface area contributed by atoms with Crippen LogP contribution in [0.25, 0.3) is 10.8 Å². The molecule has 37 heavy (non-hydrogen) atoms. The van der Waals surface area contributed by atoms with E-state index in [4.69, 9.17) is 0 Å². The predicted octanol–water partition coefficient (Wildman–Crippen LogP) is -0.808. The van der Waals surface area contributed by atoms with Crippen LogP contribution in [0.4, 0.5) is 22.7 Å². The van der Waals surface area contributed by atoms with Gasteiger partial charge >= 0.3 is 59.1 Å². The molecule has 1 N–H and O–H groups in total. The van der Waals surface area contributed by atoms with E-state index in [1.54, 1.807) is 36.4 Å². The summed E-state index contributed by atoms with van der Waals surface area (Å²) < 4.78 is 70.0. The van der Waals surface area contributed by atoms with Crippen molar-refractivity contribution in [3.8, 4) is 5.75 Å². The number of azo groups is 2. The Morgan fingerprint density at radius 1 is 0.622 bits per heavy atom. The SMILES string of the molecule is O=S(=O)([O-])c1cc2cccc(N=Nc3ccc(N=Nc4ccccc4)cc3)c2c(S(=O)(=O)[O-])c1O.[Na+].[Na+]. The number of aromatic hydroxyl groups is 1. The molecule has 0 aliphatic heterocycles. The van der Waals surface area contributed by atoms with Crippen molar-refractivity contribution in [1.29, 1.82) is 0 Å². The van der Waals surface area contributed by atoms with Gasteiger partial charge in [0.05, 0.1) is 27.6 Å². The first-order valence-corrected chi connectivity index (χ1v) is 12.5. The van der Waals surface area contributed by atoms with Crippen LogP contribution in [0.2, 0.25) is 0 Å². The van der Waals surface area contributed by atoms with E-state index in [-0.39, 0.29) is 75.6 Å². The third kappa shape index (κ3) is 7.51. The molecule has 11 nitrogen and oxygen atoms in total. The zero-order valence-electron chi connectivity index (χ0n) is 19.5. The van der Waals surface area contributed by atoms with E-state index < -0.39 is 35.8 Å². The Labute approximate surface area is 256 Å². The van der Waals surface area contributed by atoms with Gasteiger partial charge in [0.25, 0.3) is 0 Å². The van der Waals surface area contributed by atoms with Crippen molar-refractivity contribution in [3.63, 3.8) is 0 Å². The van der Waals surface area contributed by atoms with Crippen LogP contribution in [0.3, 0.4) is 0 Å². The van der Waals surface area contributed by atoms with Crippen LogP contribution in [0, 0.1) is 0 Å². The molecule has 0 radical (unpaired) electrons. The van der Waals surface area contributed by atoms with Crippen LogP contribution in [0.15, 0.2) is 109 Å². The molecule has 0 spiro atoms. The van der Waals surface area contributed by atoms with Crippen molar-refractivity contribution in [1.82, 2.24) is 0 Å². The standard InChI is InChI=1S/C22H16N4O7S2.2Na/c27-21-19(34(28,29)30)13-14-5-4-8-18(20(14)22(21)35(31,32)33)26-25-17-11-9-16(10-12-17)24-23-15-6-2-1-3-7-15;;/h1-13,27H,(H,28,29,30)(H,31,32,33);;/q;2*+1/p-2. The Morgan fingerprint density at radius 2 is 1.14 bits per heavy atom. The summed E-state index contributed by atoms with van der Waals surface area (Å²) in [5.74, 6) is -1.46. The first-order chi connectivity index (χ1) is 16.5. The maximum atomic E-state index is 11.9. The van der Waals surface area contributed by atoms with Gasteiger partial charge in [0, 0.05) is 5.39 Å². The summed E-state index contributed by atoms with van der Waals surface area (Å²) in [6.07, 6.45) is 0. The summed E-state index contributed by atoms with van der Waals surface area (Å²) in [6.45, 7) is 0. The Hall–Kier alpha value is -2.04. The van der Waals surface area contributed by atoms with Gasteiger partial charge < -0.3 is 14.2 Å². The first-order valence-electron chi connectivity index (χ1n) is 9.73. The number of rotatable bonds is 6. The normalized spacial score (nSPS) is 11.9. The Kier molecular flexibility index (Phi) is 10.7. The number of benzene rings is 4. The molecule has 4 aromatic rings. The summed E-state index contributed by atoms with van der Waals surface area (Å²) in [6, 6.07) is 20.2. The zero-order valence-corrected chi connectivity index (χ0v) is 25.1. The Balaban J connectivity index is 0.00000241. The summed E-state index contributed by atoms with van der Waals surface area (Å²) in [5.41, 5.74) is 1.41. The van der Waals surface area contributed by atoms with Gasteiger partial charge in [-0.3, -0.25) is 0 Å². The first kappa shape index (κ1) is 31.2. The number of phenols is 1. The van der Waals surface area contributed by atoms with Gasteiger partial charge in [-0.05, 0) is 53.9 Å². The fourth-order valence-corrected chi connectivity index (χ4v) is 4.68. The largest absolute Gasteiger partial charge is 1.00 e. The molecule has 15 heteroatoms. The zero-order chi connectivity index (χ0) is 25.2.